The summed E-state index contributed by atoms with van der Waals surface area (Å²) >= 11 is 0. The predicted molar refractivity (Wildman–Crippen MR) is 161 cm³/mol. The van der Waals surface area contributed by atoms with E-state index in [1.54, 1.807) is 37.4 Å². The number of carbonyl (C=O) groups is 2. The molecule has 8 heteroatoms. The van der Waals surface area contributed by atoms with Gasteiger partial charge in [0.2, 0.25) is 0 Å². The highest BCUT2D eigenvalue weighted by Crippen LogP contribution is 2.45. The van der Waals surface area contributed by atoms with Crippen molar-refractivity contribution in [2.24, 2.45) is 5.41 Å². The van der Waals surface area contributed by atoms with Gasteiger partial charge >= 0.3 is 5.97 Å². The molecule has 42 heavy (non-hydrogen) atoms. The summed E-state index contributed by atoms with van der Waals surface area (Å²) in [7, 11) is 0. The molecule has 5 aromatic rings. The first-order chi connectivity index (χ1) is 20.2. The summed E-state index contributed by atoms with van der Waals surface area (Å²) in [6, 6.07) is 18.1. The Morgan fingerprint density at radius 3 is 2.33 bits per heavy atom. The van der Waals surface area contributed by atoms with Gasteiger partial charge in [-0.25, -0.2) is 9.18 Å². The van der Waals surface area contributed by atoms with Crippen LogP contribution >= 0.6 is 0 Å². The van der Waals surface area contributed by atoms with Crippen molar-refractivity contribution in [2.45, 2.75) is 46.5 Å². The van der Waals surface area contributed by atoms with E-state index >= 15 is 0 Å². The van der Waals surface area contributed by atoms with Crippen LogP contribution in [-0.2, 0) is 9.47 Å². The zero-order valence-corrected chi connectivity index (χ0v) is 24.3. The Hall–Kier alpha value is -4.30. The van der Waals surface area contributed by atoms with Gasteiger partial charge in [0, 0.05) is 52.3 Å². The number of halogens is 1. The molecule has 1 saturated heterocycles. The molecule has 7 nitrogen and oxygen atoms in total. The van der Waals surface area contributed by atoms with Crippen LogP contribution in [0.4, 0.5) is 4.39 Å². The highest BCUT2D eigenvalue weighted by Gasteiger charge is 2.30. The molecule has 0 saturated carbocycles. The molecule has 6 rings (SSSR count). The fourth-order valence-corrected chi connectivity index (χ4v) is 5.82. The predicted octanol–water partition coefficient (Wildman–Crippen LogP) is 7.54. The molecule has 0 amide bonds. The number of hydrogen-bond acceptors (Lipinski definition) is 5. The third-order valence-corrected chi connectivity index (χ3v) is 7.90. The van der Waals surface area contributed by atoms with Crippen molar-refractivity contribution in [1.29, 1.82) is 0 Å². The van der Waals surface area contributed by atoms with Crippen LogP contribution in [0.25, 0.3) is 38.6 Å². The van der Waals surface area contributed by atoms with Gasteiger partial charge < -0.3 is 14.0 Å². The van der Waals surface area contributed by atoms with Crippen molar-refractivity contribution in [3.05, 3.63) is 83.9 Å². The van der Waals surface area contributed by atoms with Crippen LogP contribution in [-0.4, -0.2) is 46.0 Å². The highest BCUT2D eigenvalue weighted by atomic mass is 19.1. The van der Waals surface area contributed by atoms with E-state index in [0.29, 0.717) is 25.4 Å². The smallest absolute Gasteiger partial charge is 0.338 e. The Kier molecular flexibility index (Phi) is 7.19. The van der Waals surface area contributed by atoms with E-state index < -0.39 is 5.41 Å². The largest absolute Gasteiger partial charge is 0.462 e. The van der Waals surface area contributed by atoms with Gasteiger partial charge in [-0.3, -0.25) is 4.79 Å². The van der Waals surface area contributed by atoms with Crippen LogP contribution in [0.3, 0.4) is 0 Å². The molecule has 0 aliphatic carbocycles. The minimum Gasteiger partial charge on any atom is -0.462 e. The first-order valence-electron chi connectivity index (χ1n) is 14.4. The third-order valence-electron chi connectivity index (χ3n) is 7.90. The standard InChI is InChI=1S/C34H34FN3O4/c1-5-42-32(39)23-8-6-21(7-9-23)30-27-19-28-24(20-36-38(28)33(40)34(2,3)4)18-29(27)37(26-12-10-25(35)11-13-26)31(30)22-14-16-41-17-15-22/h6-13,18-20,22H,5,14-17H2,1-4H3. The zero-order chi connectivity index (χ0) is 29.6. The molecule has 0 radical (unpaired) electrons. The second kappa shape index (κ2) is 10.8. The molecule has 2 aromatic heterocycles. The summed E-state index contributed by atoms with van der Waals surface area (Å²) < 4.78 is 28.7. The van der Waals surface area contributed by atoms with Crippen LogP contribution in [0.15, 0.2) is 66.9 Å². The number of ether oxygens (including phenoxy) is 2. The van der Waals surface area contributed by atoms with Gasteiger partial charge in [0.05, 0.1) is 29.4 Å². The minimum atomic E-state index is -0.618. The molecule has 0 bridgehead atoms. The van der Waals surface area contributed by atoms with Crippen LogP contribution in [0.2, 0.25) is 0 Å². The second-order valence-corrected chi connectivity index (χ2v) is 11.8. The van der Waals surface area contributed by atoms with E-state index in [-0.39, 0.29) is 23.6 Å². The number of hydrogen-bond donors (Lipinski definition) is 0. The molecule has 3 heterocycles. The third kappa shape index (κ3) is 4.90. The van der Waals surface area contributed by atoms with Gasteiger partial charge in [0.15, 0.2) is 0 Å². The summed E-state index contributed by atoms with van der Waals surface area (Å²) in [5, 5.41) is 6.26. The number of rotatable bonds is 5. The van der Waals surface area contributed by atoms with Crippen molar-refractivity contribution >= 4 is 33.7 Å². The van der Waals surface area contributed by atoms with Gasteiger partial charge in [-0.1, -0.05) is 32.9 Å². The van der Waals surface area contributed by atoms with Crippen molar-refractivity contribution in [3.8, 4) is 16.8 Å². The van der Waals surface area contributed by atoms with E-state index in [1.165, 1.54) is 16.8 Å². The quantitative estimate of drug-likeness (QED) is 0.205. The molecule has 0 unspecified atom stereocenters. The number of fused-ring (bicyclic) bond motifs is 2. The lowest BCUT2D eigenvalue weighted by molar-refractivity contribution is 0.0526. The fraction of sp³-hybridized carbons (Fsp3) is 0.324. The summed E-state index contributed by atoms with van der Waals surface area (Å²) in [5.41, 5.74) is 5.40. The average Bonchev–Trinajstić information content (AvgIpc) is 3.55. The normalized spacial score (nSPS) is 14.5. The summed E-state index contributed by atoms with van der Waals surface area (Å²) in [4.78, 5) is 25.8. The van der Waals surface area contributed by atoms with Crippen LogP contribution in [0, 0.1) is 11.2 Å². The Morgan fingerprint density at radius 2 is 1.69 bits per heavy atom. The summed E-state index contributed by atoms with van der Waals surface area (Å²) in [6.07, 6.45) is 3.39. The maximum Gasteiger partial charge on any atom is 0.338 e. The molecule has 0 atom stereocenters. The Morgan fingerprint density at radius 1 is 1.00 bits per heavy atom. The molecule has 1 aliphatic heterocycles. The van der Waals surface area contributed by atoms with Crippen LogP contribution in [0.1, 0.15) is 67.3 Å². The molecular weight excluding hydrogens is 533 g/mol. The zero-order valence-electron chi connectivity index (χ0n) is 24.3. The Bertz CT molecular complexity index is 1790. The molecular formula is C34H34FN3O4. The van der Waals surface area contributed by atoms with Gasteiger partial charge in [0.1, 0.15) is 5.82 Å². The molecule has 3 aromatic carbocycles. The van der Waals surface area contributed by atoms with Crippen molar-refractivity contribution < 1.29 is 23.5 Å². The maximum absolute atomic E-state index is 14.1. The number of benzene rings is 3. The van der Waals surface area contributed by atoms with Crippen molar-refractivity contribution in [1.82, 2.24) is 14.3 Å². The van der Waals surface area contributed by atoms with Crippen molar-refractivity contribution in [2.75, 3.05) is 19.8 Å². The molecule has 216 valence electrons. The van der Waals surface area contributed by atoms with Crippen molar-refractivity contribution in [3.63, 3.8) is 0 Å². The number of carbonyl (C=O) groups excluding carboxylic acids is 2. The molecule has 0 spiro atoms. The lowest BCUT2D eigenvalue weighted by Gasteiger charge is -2.26. The summed E-state index contributed by atoms with van der Waals surface area (Å²) in [5.74, 6) is -0.595. The molecule has 1 aliphatic rings. The first kappa shape index (κ1) is 27.8. The van der Waals surface area contributed by atoms with Gasteiger partial charge in [-0.15, -0.1) is 0 Å². The van der Waals surface area contributed by atoms with Crippen LogP contribution < -0.4 is 0 Å². The van der Waals surface area contributed by atoms with E-state index in [2.05, 4.69) is 15.7 Å². The minimum absolute atomic E-state index is 0.0974. The van der Waals surface area contributed by atoms with Crippen LogP contribution in [0.5, 0.6) is 0 Å². The number of aromatic nitrogens is 3. The van der Waals surface area contributed by atoms with E-state index in [1.807, 2.05) is 39.0 Å². The first-order valence-corrected chi connectivity index (χ1v) is 14.4. The SMILES string of the molecule is CCOC(=O)c1ccc(-c2c(C3CCOCC3)n(-c3ccc(F)cc3)c3cc4cnn(C(=O)C(C)(C)C)c4cc23)cc1. The molecule has 1 fully saturated rings. The van der Waals surface area contributed by atoms with Gasteiger partial charge in [0.25, 0.3) is 5.91 Å². The average molecular weight is 568 g/mol. The lowest BCUT2D eigenvalue weighted by atomic mass is 9.89. The monoisotopic (exact) mass is 567 g/mol. The Balaban J connectivity index is 1.68. The van der Waals surface area contributed by atoms with E-state index in [4.69, 9.17) is 9.47 Å². The Labute approximate surface area is 243 Å². The van der Waals surface area contributed by atoms with E-state index in [0.717, 1.165) is 57.2 Å². The van der Waals surface area contributed by atoms with Gasteiger partial charge in [-0.05, 0) is 73.9 Å². The number of nitrogens with zero attached hydrogens (tertiary/aromatic N) is 3. The second-order valence-electron chi connectivity index (χ2n) is 11.8. The number of esters is 1. The topological polar surface area (TPSA) is 75.3 Å². The maximum atomic E-state index is 14.1. The lowest BCUT2D eigenvalue weighted by Crippen LogP contribution is -2.27. The summed E-state index contributed by atoms with van der Waals surface area (Å²) in [6.45, 7) is 9.02. The molecule has 0 N–H and O–H groups in total. The highest BCUT2D eigenvalue weighted by molar-refractivity contribution is 6.07. The van der Waals surface area contributed by atoms with E-state index in [9.17, 15) is 14.0 Å². The fourth-order valence-electron chi connectivity index (χ4n) is 5.82. The van der Waals surface area contributed by atoms with Gasteiger partial charge in [-0.2, -0.15) is 9.78 Å².